The molecule has 0 radical (unpaired) electrons. The molecule has 0 bridgehead atoms. The Labute approximate surface area is 117 Å². The number of hydrogen-bond donors (Lipinski definition) is 1. The summed E-state index contributed by atoms with van der Waals surface area (Å²) in [6, 6.07) is 7.95. The quantitative estimate of drug-likeness (QED) is 0.903. The van der Waals surface area contributed by atoms with E-state index in [0.29, 0.717) is 18.4 Å². The second-order valence-corrected chi connectivity index (χ2v) is 4.67. The van der Waals surface area contributed by atoms with Crippen LogP contribution in [0.3, 0.4) is 0 Å². The average molecular weight is 275 g/mol. The average Bonchev–Trinajstić information content (AvgIpc) is 3.17. The van der Waals surface area contributed by atoms with Gasteiger partial charge < -0.3 is 19.3 Å². The molecule has 6 nitrogen and oxygen atoms in total. The summed E-state index contributed by atoms with van der Waals surface area (Å²) in [4.78, 5) is 4.31. The smallest absolute Gasteiger partial charge is 0.321 e. The Morgan fingerprint density at radius 2 is 2.20 bits per heavy atom. The van der Waals surface area contributed by atoms with Gasteiger partial charge in [0.25, 0.3) is 0 Å². The maximum atomic E-state index is 5.53. The summed E-state index contributed by atoms with van der Waals surface area (Å²) in [6.07, 6.45) is 2.44. The van der Waals surface area contributed by atoms with Crippen LogP contribution in [0.25, 0.3) is 11.4 Å². The van der Waals surface area contributed by atoms with Gasteiger partial charge in [-0.15, -0.1) is 0 Å². The number of hydrogen-bond acceptors (Lipinski definition) is 6. The Morgan fingerprint density at radius 3 is 2.90 bits per heavy atom. The largest absolute Gasteiger partial charge is 0.497 e. The highest BCUT2D eigenvalue weighted by Crippen LogP contribution is 2.21. The van der Waals surface area contributed by atoms with E-state index in [1.54, 1.807) is 7.11 Å². The van der Waals surface area contributed by atoms with Gasteiger partial charge in [0.05, 0.1) is 13.2 Å². The monoisotopic (exact) mass is 275 g/mol. The Kier molecular flexibility index (Phi) is 3.83. The molecule has 1 atom stereocenters. The molecule has 1 aliphatic heterocycles. The van der Waals surface area contributed by atoms with E-state index in [4.69, 9.17) is 14.0 Å². The summed E-state index contributed by atoms with van der Waals surface area (Å²) in [5, 5.41) is 7.07. The van der Waals surface area contributed by atoms with Gasteiger partial charge in [-0.05, 0) is 37.1 Å². The molecule has 0 spiro atoms. The van der Waals surface area contributed by atoms with Gasteiger partial charge in [-0.3, -0.25) is 0 Å². The van der Waals surface area contributed by atoms with Crippen molar-refractivity contribution >= 4 is 6.01 Å². The van der Waals surface area contributed by atoms with Gasteiger partial charge in [0.15, 0.2) is 0 Å². The van der Waals surface area contributed by atoms with Crippen molar-refractivity contribution in [3.63, 3.8) is 0 Å². The lowest BCUT2D eigenvalue weighted by Gasteiger charge is -2.07. The van der Waals surface area contributed by atoms with Crippen molar-refractivity contribution in [3.05, 3.63) is 24.3 Å². The molecule has 1 aromatic carbocycles. The molecule has 1 N–H and O–H groups in total. The van der Waals surface area contributed by atoms with Crippen LogP contribution in [0.2, 0.25) is 0 Å². The Bertz CT molecular complexity index is 547. The highest BCUT2D eigenvalue weighted by molar-refractivity contribution is 5.56. The summed E-state index contributed by atoms with van der Waals surface area (Å²) in [5.41, 5.74) is 0.889. The lowest BCUT2D eigenvalue weighted by molar-refractivity contribution is 0.120. The SMILES string of the molecule is COc1ccc(-c2noc(NC[C@H]3CCCO3)n2)cc1. The van der Waals surface area contributed by atoms with Crippen molar-refractivity contribution in [1.82, 2.24) is 10.1 Å². The molecule has 1 aromatic heterocycles. The number of ether oxygens (including phenoxy) is 2. The fourth-order valence-electron chi connectivity index (χ4n) is 2.16. The summed E-state index contributed by atoms with van der Waals surface area (Å²) < 4.78 is 15.8. The van der Waals surface area contributed by atoms with Crippen molar-refractivity contribution in [1.29, 1.82) is 0 Å². The van der Waals surface area contributed by atoms with Crippen LogP contribution < -0.4 is 10.1 Å². The van der Waals surface area contributed by atoms with Gasteiger partial charge in [-0.2, -0.15) is 4.98 Å². The van der Waals surface area contributed by atoms with Crippen molar-refractivity contribution in [3.8, 4) is 17.1 Å². The lowest BCUT2D eigenvalue weighted by Crippen LogP contribution is -2.18. The summed E-state index contributed by atoms with van der Waals surface area (Å²) in [7, 11) is 1.64. The van der Waals surface area contributed by atoms with Gasteiger partial charge in [0.2, 0.25) is 5.82 Å². The van der Waals surface area contributed by atoms with E-state index >= 15 is 0 Å². The van der Waals surface area contributed by atoms with E-state index in [2.05, 4.69) is 15.5 Å². The summed E-state index contributed by atoms with van der Waals surface area (Å²) in [5.74, 6) is 1.36. The number of benzene rings is 1. The fourth-order valence-corrected chi connectivity index (χ4v) is 2.16. The molecule has 0 unspecified atom stereocenters. The minimum Gasteiger partial charge on any atom is -0.497 e. The van der Waals surface area contributed by atoms with Crippen LogP contribution in [0.5, 0.6) is 5.75 Å². The van der Waals surface area contributed by atoms with Crippen molar-refractivity contribution in [2.75, 3.05) is 25.6 Å². The number of aromatic nitrogens is 2. The molecule has 0 amide bonds. The third-order valence-corrected chi connectivity index (χ3v) is 3.28. The van der Waals surface area contributed by atoms with Crippen molar-refractivity contribution in [2.24, 2.45) is 0 Å². The first-order valence-electron chi connectivity index (χ1n) is 6.69. The van der Waals surface area contributed by atoms with Crippen molar-refractivity contribution in [2.45, 2.75) is 18.9 Å². The summed E-state index contributed by atoms with van der Waals surface area (Å²) in [6.45, 7) is 1.54. The van der Waals surface area contributed by atoms with Gasteiger partial charge in [0, 0.05) is 18.7 Å². The number of nitrogens with one attached hydrogen (secondary N) is 1. The Hall–Kier alpha value is -2.08. The molecular formula is C14H17N3O3. The highest BCUT2D eigenvalue weighted by Gasteiger charge is 2.16. The molecule has 2 heterocycles. The van der Waals surface area contributed by atoms with E-state index in [1.807, 2.05) is 24.3 Å². The van der Waals surface area contributed by atoms with Gasteiger partial charge >= 0.3 is 6.01 Å². The molecule has 0 aliphatic carbocycles. The normalized spacial score (nSPS) is 18.1. The molecular weight excluding hydrogens is 258 g/mol. The van der Waals surface area contributed by atoms with E-state index < -0.39 is 0 Å². The van der Waals surface area contributed by atoms with Crippen LogP contribution in [0, 0.1) is 0 Å². The molecule has 1 fully saturated rings. The third kappa shape index (κ3) is 2.91. The second kappa shape index (κ2) is 5.92. The van der Waals surface area contributed by atoms with Crippen LogP contribution in [0.15, 0.2) is 28.8 Å². The van der Waals surface area contributed by atoms with Gasteiger partial charge in [-0.1, -0.05) is 5.16 Å². The predicted molar refractivity (Wildman–Crippen MR) is 73.7 cm³/mol. The topological polar surface area (TPSA) is 69.4 Å². The first-order valence-corrected chi connectivity index (χ1v) is 6.69. The van der Waals surface area contributed by atoms with Crippen LogP contribution in [-0.2, 0) is 4.74 Å². The Morgan fingerprint density at radius 1 is 1.35 bits per heavy atom. The molecule has 2 aromatic rings. The molecule has 1 aliphatic rings. The van der Waals surface area contributed by atoms with Crippen LogP contribution in [0.4, 0.5) is 6.01 Å². The Balaban J connectivity index is 1.62. The highest BCUT2D eigenvalue weighted by atomic mass is 16.5. The zero-order valence-electron chi connectivity index (χ0n) is 11.3. The third-order valence-electron chi connectivity index (χ3n) is 3.28. The molecule has 3 rings (SSSR count). The maximum Gasteiger partial charge on any atom is 0.321 e. The minimum absolute atomic E-state index is 0.242. The van der Waals surface area contributed by atoms with Crippen molar-refractivity contribution < 1.29 is 14.0 Å². The minimum atomic E-state index is 0.242. The van der Waals surface area contributed by atoms with E-state index in [0.717, 1.165) is 30.8 Å². The summed E-state index contributed by atoms with van der Waals surface area (Å²) >= 11 is 0. The van der Waals surface area contributed by atoms with Crippen LogP contribution in [0.1, 0.15) is 12.8 Å². The molecule has 20 heavy (non-hydrogen) atoms. The first kappa shape index (κ1) is 12.9. The second-order valence-electron chi connectivity index (χ2n) is 4.67. The lowest BCUT2D eigenvalue weighted by atomic mass is 10.2. The molecule has 1 saturated heterocycles. The van der Waals surface area contributed by atoms with E-state index in [-0.39, 0.29) is 6.10 Å². The van der Waals surface area contributed by atoms with Gasteiger partial charge in [0.1, 0.15) is 5.75 Å². The van der Waals surface area contributed by atoms with E-state index in [9.17, 15) is 0 Å². The number of methoxy groups -OCH3 is 1. The maximum absolute atomic E-state index is 5.53. The molecule has 6 heteroatoms. The van der Waals surface area contributed by atoms with E-state index in [1.165, 1.54) is 0 Å². The fraction of sp³-hybridized carbons (Fsp3) is 0.429. The molecule has 106 valence electrons. The zero-order valence-corrected chi connectivity index (χ0v) is 11.3. The van der Waals surface area contributed by atoms with Crippen LogP contribution in [-0.4, -0.2) is 36.5 Å². The predicted octanol–water partition coefficient (Wildman–Crippen LogP) is 2.34. The standard InChI is InChI=1S/C14H17N3O3/c1-18-11-6-4-10(5-7-11)13-16-14(20-17-13)15-9-12-3-2-8-19-12/h4-7,12H,2-3,8-9H2,1H3,(H,15,16,17)/t12-/m1/s1. The number of anilines is 1. The number of nitrogens with zero attached hydrogens (tertiary/aromatic N) is 2. The zero-order chi connectivity index (χ0) is 13.8. The first-order chi connectivity index (χ1) is 9.85. The number of rotatable bonds is 5. The van der Waals surface area contributed by atoms with Crippen LogP contribution >= 0.6 is 0 Å². The molecule has 0 saturated carbocycles. The van der Waals surface area contributed by atoms with Gasteiger partial charge in [-0.25, -0.2) is 0 Å².